The van der Waals surface area contributed by atoms with E-state index < -0.39 is 157 Å². The number of carbonyl (C=O) groups is 2. The van der Waals surface area contributed by atoms with Crippen molar-refractivity contribution >= 4 is 19.8 Å². The number of hydrogen-bond acceptors (Lipinski definition) is 22. The topological polar surface area (TPSA) is 357 Å². The molecule has 3 fully saturated rings. The summed E-state index contributed by atoms with van der Waals surface area (Å²) in [7, 11) is -4.91. The maximum atomic E-state index is 13.1. The Labute approximate surface area is 468 Å². The summed E-state index contributed by atoms with van der Waals surface area (Å²) in [6.07, 6.45) is 2.60. The predicted octanol–water partition coefficient (Wildman–Crippen LogP) is 4.42. The van der Waals surface area contributed by atoms with E-state index in [1.54, 1.807) is 0 Å². The standard InChI is InChI=1S/C55H103O23P/c1-3-5-7-9-11-13-15-17-19-21-23-25-27-29-43(59)70-36-38(73-44(60)30-28-26-24-22-20-18-16-14-12-10-8-6-4-2)37-72-79(68,69)71-32-31-39-45(61)48(64)52(41(34-57)74-39)77-55-51(67)49(65)53(42(35-58)76-55)78-54-50(66)47(63)46(62)40(33-56)75-54/h38-42,45-58,61-67H,3-37H2,1-2H3,(H,68,69)/t38?,39-,40+,41+,42+,45-,46-,47-,48+,49+,50+,51+,52+,53-,54+,55-/m0/s1. The molecule has 0 bridgehead atoms. The van der Waals surface area contributed by atoms with E-state index in [0.717, 1.165) is 51.4 Å². The van der Waals surface area contributed by atoms with Gasteiger partial charge in [-0.3, -0.25) is 18.6 Å². The normalized spacial score (nSPS) is 30.5. The summed E-state index contributed by atoms with van der Waals surface area (Å²) in [4.78, 5) is 36.3. The average Bonchev–Trinajstić information content (AvgIpc) is 3.53. The number of aliphatic hydroxyl groups is 10. The Morgan fingerprint density at radius 1 is 0.443 bits per heavy atom. The van der Waals surface area contributed by atoms with Crippen molar-refractivity contribution in [2.45, 2.75) is 298 Å². The first-order chi connectivity index (χ1) is 38.0. The van der Waals surface area contributed by atoms with Crippen molar-refractivity contribution in [3.8, 4) is 0 Å². The SMILES string of the molecule is CCCCCCCCCCCCCCCC(=O)OCC(COP(=O)(O)OCC[C@@H]1O[C@H](CO)[C@@H](O[C@@H]2O[C@H](CO)[C@H](O[C@H]3O[C@H](CO)[C@H](O)[C@H](O)[C@H]3O)[C@H](O)[C@H]2O)[C@H](O)[C@H]1O)OC(=O)CCCCCCCCCCCCCCC. The van der Waals surface area contributed by atoms with Crippen molar-refractivity contribution in [3.05, 3.63) is 0 Å². The van der Waals surface area contributed by atoms with E-state index in [4.69, 9.17) is 42.2 Å². The third-order valence-electron chi connectivity index (χ3n) is 15.0. The Morgan fingerprint density at radius 3 is 1.28 bits per heavy atom. The van der Waals surface area contributed by atoms with Crippen LogP contribution in [0.1, 0.15) is 200 Å². The second-order valence-electron chi connectivity index (χ2n) is 21.6. The molecule has 3 rings (SSSR count). The maximum absolute atomic E-state index is 13.1. The van der Waals surface area contributed by atoms with Crippen molar-refractivity contribution < 1.29 is 112 Å². The summed E-state index contributed by atoms with van der Waals surface area (Å²) in [5, 5.41) is 105. The summed E-state index contributed by atoms with van der Waals surface area (Å²) in [5.41, 5.74) is 0. The molecule has 0 aromatic heterocycles. The van der Waals surface area contributed by atoms with Crippen LogP contribution < -0.4 is 0 Å². The Kier molecular flexibility index (Phi) is 37.6. The first-order valence-corrected chi connectivity index (χ1v) is 31.3. The van der Waals surface area contributed by atoms with Gasteiger partial charge in [-0.1, -0.05) is 168 Å². The maximum Gasteiger partial charge on any atom is 0.472 e. The molecule has 2 unspecified atom stereocenters. The number of carbonyl (C=O) groups excluding carboxylic acids is 2. The number of unbranched alkanes of at least 4 members (excludes halogenated alkanes) is 24. The van der Waals surface area contributed by atoms with E-state index in [1.807, 2.05) is 0 Å². The lowest BCUT2D eigenvalue weighted by molar-refractivity contribution is -0.373. The van der Waals surface area contributed by atoms with E-state index in [9.17, 15) is 70.1 Å². The van der Waals surface area contributed by atoms with Gasteiger partial charge in [0.2, 0.25) is 0 Å². The minimum atomic E-state index is -4.91. The molecule has 0 amide bonds. The molecule has 0 aliphatic carbocycles. The van der Waals surface area contributed by atoms with Gasteiger partial charge in [-0.25, -0.2) is 4.57 Å². The van der Waals surface area contributed by atoms with Crippen molar-refractivity contribution in [2.24, 2.45) is 0 Å². The number of phosphoric ester groups is 1. The third-order valence-corrected chi connectivity index (χ3v) is 16.0. The molecule has 0 aromatic carbocycles. The molecule has 0 spiro atoms. The van der Waals surface area contributed by atoms with Crippen LogP contribution in [0.3, 0.4) is 0 Å². The number of aliphatic hydroxyl groups excluding tert-OH is 10. The van der Waals surface area contributed by atoms with E-state index in [-0.39, 0.29) is 19.3 Å². The van der Waals surface area contributed by atoms with E-state index in [2.05, 4.69) is 13.8 Å². The monoisotopic (exact) mass is 1160 g/mol. The Morgan fingerprint density at radius 2 is 0.823 bits per heavy atom. The van der Waals surface area contributed by atoms with Crippen LogP contribution in [0.15, 0.2) is 0 Å². The molecule has 24 heteroatoms. The van der Waals surface area contributed by atoms with Gasteiger partial charge < -0.3 is 89.1 Å². The van der Waals surface area contributed by atoms with Gasteiger partial charge in [0, 0.05) is 19.3 Å². The van der Waals surface area contributed by atoms with Gasteiger partial charge in [0.05, 0.1) is 39.1 Å². The zero-order valence-corrected chi connectivity index (χ0v) is 48.1. The zero-order chi connectivity index (χ0) is 58.0. The van der Waals surface area contributed by atoms with Crippen LogP contribution in [0.5, 0.6) is 0 Å². The molecule has 3 aliphatic rings. The molecule has 3 heterocycles. The van der Waals surface area contributed by atoms with Crippen LogP contribution in [0.2, 0.25) is 0 Å². The predicted molar refractivity (Wildman–Crippen MR) is 287 cm³/mol. The molecule has 0 saturated carbocycles. The lowest BCUT2D eigenvalue weighted by Crippen LogP contribution is -2.66. The van der Waals surface area contributed by atoms with Gasteiger partial charge in [-0.15, -0.1) is 0 Å². The number of esters is 2. The molecule has 0 aromatic rings. The minimum Gasteiger partial charge on any atom is -0.462 e. The van der Waals surface area contributed by atoms with Crippen molar-refractivity contribution in [1.82, 2.24) is 0 Å². The first-order valence-electron chi connectivity index (χ1n) is 29.8. The van der Waals surface area contributed by atoms with Gasteiger partial charge >= 0.3 is 19.8 Å². The fourth-order valence-electron chi connectivity index (χ4n) is 10.1. The Hall–Kier alpha value is -1.55. The Balaban J connectivity index is 1.48. The van der Waals surface area contributed by atoms with Crippen molar-refractivity contribution in [3.63, 3.8) is 0 Å². The van der Waals surface area contributed by atoms with Gasteiger partial charge in [-0.05, 0) is 12.8 Å². The van der Waals surface area contributed by atoms with Crippen LogP contribution in [0.25, 0.3) is 0 Å². The van der Waals surface area contributed by atoms with Crippen LogP contribution in [0, 0.1) is 0 Å². The second-order valence-corrected chi connectivity index (χ2v) is 23.1. The minimum absolute atomic E-state index is 0.0914. The van der Waals surface area contributed by atoms with Crippen LogP contribution in [-0.2, 0) is 56.4 Å². The quantitative estimate of drug-likeness (QED) is 0.0228. The summed E-state index contributed by atoms with van der Waals surface area (Å²) in [6, 6.07) is 0. The first kappa shape index (κ1) is 71.7. The number of phosphoric acid groups is 1. The molecule has 466 valence electrons. The molecule has 3 aliphatic heterocycles. The van der Waals surface area contributed by atoms with Crippen molar-refractivity contribution in [2.75, 3.05) is 39.6 Å². The van der Waals surface area contributed by atoms with E-state index >= 15 is 0 Å². The lowest BCUT2D eigenvalue weighted by Gasteiger charge is -2.48. The van der Waals surface area contributed by atoms with Crippen LogP contribution in [0.4, 0.5) is 0 Å². The summed E-state index contributed by atoms with van der Waals surface area (Å²) >= 11 is 0. The molecular weight excluding hydrogens is 1060 g/mol. The number of ether oxygens (including phenoxy) is 7. The summed E-state index contributed by atoms with van der Waals surface area (Å²) in [5.74, 6) is -1.09. The van der Waals surface area contributed by atoms with Crippen molar-refractivity contribution in [1.29, 1.82) is 0 Å². The molecular formula is C55H103O23P. The highest BCUT2D eigenvalue weighted by atomic mass is 31.2. The van der Waals surface area contributed by atoms with Gasteiger partial charge in [0.1, 0.15) is 79.9 Å². The zero-order valence-electron chi connectivity index (χ0n) is 47.3. The molecule has 0 radical (unpaired) electrons. The Bertz CT molecular complexity index is 1610. The smallest absolute Gasteiger partial charge is 0.462 e. The lowest BCUT2D eigenvalue weighted by atomic mass is 9.93. The summed E-state index contributed by atoms with van der Waals surface area (Å²) in [6.45, 7) is 0.226. The molecule has 79 heavy (non-hydrogen) atoms. The van der Waals surface area contributed by atoms with Gasteiger partial charge in [0.15, 0.2) is 18.7 Å². The fraction of sp³-hybridized carbons (Fsp3) is 0.964. The molecule has 3 saturated heterocycles. The van der Waals surface area contributed by atoms with E-state index in [0.29, 0.717) is 12.8 Å². The molecule has 17 atom stereocenters. The van der Waals surface area contributed by atoms with Crippen LogP contribution in [-0.4, -0.2) is 206 Å². The fourth-order valence-corrected chi connectivity index (χ4v) is 10.9. The molecule has 11 N–H and O–H groups in total. The number of rotatable bonds is 45. The van der Waals surface area contributed by atoms with Crippen LogP contribution >= 0.6 is 7.82 Å². The van der Waals surface area contributed by atoms with E-state index in [1.165, 1.54) is 103 Å². The highest BCUT2D eigenvalue weighted by Gasteiger charge is 2.53. The largest absolute Gasteiger partial charge is 0.472 e. The summed E-state index contributed by atoms with van der Waals surface area (Å²) < 4.78 is 62.4. The average molecular weight is 1160 g/mol. The third kappa shape index (κ3) is 27.4. The highest BCUT2D eigenvalue weighted by Crippen LogP contribution is 2.44. The highest BCUT2D eigenvalue weighted by molar-refractivity contribution is 7.47. The molecule has 23 nitrogen and oxygen atoms in total. The van der Waals surface area contributed by atoms with Gasteiger partial charge in [-0.2, -0.15) is 0 Å². The van der Waals surface area contributed by atoms with Gasteiger partial charge in [0.25, 0.3) is 0 Å². The number of hydrogen-bond donors (Lipinski definition) is 11. The second kappa shape index (κ2) is 41.5.